The van der Waals surface area contributed by atoms with Crippen molar-refractivity contribution >= 4 is 18.9 Å². The van der Waals surface area contributed by atoms with Crippen LogP contribution in [0.4, 0.5) is 0 Å². The van der Waals surface area contributed by atoms with Gasteiger partial charge in [-0.15, -0.1) is 0 Å². The molecule has 1 unspecified atom stereocenters. The molecule has 0 saturated carbocycles. The van der Waals surface area contributed by atoms with E-state index in [0.29, 0.717) is 0 Å². The molecule has 0 bridgehead atoms. The number of aryl methyl sites for hydroxylation is 1. The number of benzene rings is 1. The molecule has 0 aromatic heterocycles. The Hall–Kier alpha value is -1.13. The first-order chi connectivity index (χ1) is 9.34. The van der Waals surface area contributed by atoms with Gasteiger partial charge in [0.05, 0.1) is 11.2 Å². The van der Waals surface area contributed by atoms with Crippen LogP contribution >= 0.6 is 0 Å². The fraction of sp³-hybridized carbons (Fsp3) is 0.562. The topological polar surface area (TPSA) is 35.5 Å². The van der Waals surface area contributed by atoms with Crippen molar-refractivity contribution in [3.05, 3.63) is 29.3 Å². The van der Waals surface area contributed by atoms with Crippen LogP contribution in [0.2, 0.25) is 0 Å². The average molecular weight is 272 g/mol. The molecule has 106 valence electrons. The molecule has 4 heteroatoms. The van der Waals surface area contributed by atoms with E-state index >= 15 is 0 Å². The van der Waals surface area contributed by atoms with Crippen molar-refractivity contribution in [2.45, 2.75) is 57.7 Å². The quantitative estimate of drug-likeness (QED) is 0.611. The Morgan fingerprint density at radius 1 is 1.20 bits per heavy atom. The highest BCUT2D eigenvalue weighted by Crippen LogP contribution is 2.37. The van der Waals surface area contributed by atoms with Gasteiger partial charge in [0, 0.05) is 5.92 Å². The molecule has 0 amide bonds. The van der Waals surface area contributed by atoms with Crippen LogP contribution in [0.3, 0.4) is 0 Å². The summed E-state index contributed by atoms with van der Waals surface area (Å²) in [5, 5.41) is 0. The van der Waals surface area contributed by atoms with Crippen molar-refractivity contribution in [1.82, 2.24) is 0 Å². The van der Waals surface area contributed by atoms with Crippen LogP contribution in [-0.2, 0) is 20.5 Å². The second kappa shape index (κ2) is 4.44. The zero-order chi connectivity index (χ0) is 14.5. The van der Waals surface area contributed by atoms with Crippen molar-refractivity contribution in [1.29, 1.82) is 0 Å². The first kappa shape index (κ1) is 13.8. The van der Waals surface area contributed by atoms with Crippen LogP contribution in [0.25, 0.3) is 0 Å². The third kappa shape index (κ3) is 2.02. The van der Waals surface area contributed by atoms with Crippen molar-refractivity contribution in [3.8, 4) is 0 Å². The molecule has 0 spiro atoms. The van der Waals surface area contributed by atoms with Crippen LogP contribution in [0.1, 0.15) is 51.2 Å². The van der Waals surface area contributed by atoms with Crippen LogP contribution in [0.5, 0.6) is 0 Å². The molecule has 0 radical (unpaired) electrons. The molecule has 1 aromatic rings. The fourth-order valence-corrected chi connectivity index (χ4v) is 2.94. The standard InChI is InChI=1S/C16H21BO3/c1-15(2)16(3,4)20-17(19-15)13-7-8-14-11(9-13)5-6-12(14)10-18/h7-10,12H,5-6H2,1-4H3. The summed E-state index contributed by atoms with van der Waals surface area (Å²) in [4.78, 5) is 11.0. The molecule has 3 nitrogen and oxygen atoms in total. The summed E-state index contributed by atoms with van der Waals surface area (Å²) < 4.78 is 12.1. The average Bonchev–Trinajstić information content (AvgIpc) is 2.87. The second-order valence-electron chi connectivity index (χ2n) is 6.83. The number of carbonyl (C=O) groups is 1. The molecule has 0 N–H and O–H groups in total. The third-order valence-corrected chi connectivity index (χ3v) is 4.98. The smallest absolute Gasteiger partial charge is 0.399 e. The van der Waals surface area contributed by atoms with E-state index in [1.54, 1.807) is 0 Å². The van der Waals surface area contributed by atoms with E-state index in [4.69, 9.17) is 9.31 Å². The molecule has 1 aliphatic heterocycles. The van der Waals surface area contributed by atoms with E-state index in [1.807, 2.05) is 6.07 Å². The summed E-state index contributed by atoms with van der Waals surface area (Å²) in [6.45, 7) is 8.23. The summed E-state index contributed by atoms with van der Waals surface area (Å²) >= 11 is 0. The molecule has 1 saturated heterocycles. The van der Waals surface area contributed by atoms with Gasteiger partial charge in [0.2, 0.25) is 0 Å². The molecular weight excluding hydrogens is 251 g/mol. The van der Waals surface area contributed by atoms with Gasteiger partial charge in [-0.25, -0.2) is 0 Å². The Morgan fingerprint density at radius 3 is 2.45 bits per heavy atom. The van der Waals surface area contributed by atoms with Crippen molar-refractivity contribution in [2.24, 2.45) is 0 Å². The largest absolute Gasteiger partial charge is 0.494 e. The predicted molar refractivity (Wildman–Crippen MR) is 79.3 cm³/mol. The summed E-state index contributed by atoms with van der Waals surface area (Å²) in [6.07, 6.45) is 2.94. The highest BCUT2D eigenvalue weighted by molar-refractivity contribution is 6.62. The number of carbonyl (C=O) groups excluding carboxylic acids is 1. The van der Waals surface area contributed by atoms with E-state index < -0.39 is 0 Å². The van der Waals surface area contributed by atoms with Gasteiger partial charge in [-0.05, 0) is 57.1 Å². The lowest BCUT2D eigenvalue weighted by Gasteiger charge is -2.32. The zero-order valence-electron chi connectivity index (χ0n) is 12.6. The summed E-state index contributed by atoms with van der Waals surface area (Å²) in [5.74, 6) is 0.0670. The Morgan fingerprint density at radius 2 is 1.85 bits per heavy atom. The van der Waals surface area contributed by atoms with Gasteiger partial charge in [0.15, 0.2) is 0 Å². The summed E-state index contributed by atoms with van der Waals surface area (Å²) in [7, 11) is -0.319. The zero-order valence-corrected chi connectivity index (χ0v) is 12.6. The Bertz CT molecular complexity index is 535. The minimum Gasteiger partial charge on any atom is -0.399 e. The second-order valence-corrected chi connectivity index (χ2v) is 6.83. The lowest BCUT2D eigenvalue weighted by molar-refractivity contribution is -0.109. The van der Waals surface area contributed by atoms with Gasteiger partial charge in [0.1, 0.15) is 6.29 Å². The van der Waals surface area contributed by atoms with E-state index in [1.165, 1.54) is 11.1 Å². The molecule has 2 aliphatic rings. The molecular formula is C16H21BO3. The minimum absolute atomic E-state index is 0.0670. The normalized spacial score (nSPS) is 26.6. The maximum absolute atomic E-state index is 11.0. The lowest BCUT2D eigenvalue weighted by atomic mass is 9.77. The van der Waals surface area contributed by atoms with Gasteiger partial charge in [-0.2, -0.15) is 0 Å². The summed E-state index contributed by atoms with van der Waals surface area (Å²) in [5.41, 5.74) is 2.84. The first-order valence-electron chi connectivity index (χ1n) is 7.28. The Balaban J connectivity index is 1.89. The monoisotopic (exact) mass is 272 g/mol. The van der Waals surface area contributed by atoms with Gasteiger partial charge in [-0.3, -0.25) is 0 Å². The number of rotatable bonds is 2. The van der Waals surface area contributed by atoms with Gasteiger partial charge in [-0.1, -0.05) is 18.2 Å². The Kier molecular flexibility index (Phi) is 3.07. The highest BCUT2D eigenvalue weighted by atomic mass is 16.7. The van der Waals surface area contributed by atoms with Gasteiger partial charge >= 0.3 is 7.12 Å². The van der Waals surface area contributed by atoms with Crippen LogP contribution in [0, 0.1) is 0 Å². The third-order valence-electron chi connectivity index (χ3n) is 4.98. The molecule has 1 atom stereocenters. The number of aldehydes is 1. The molecule has 20 heavy (non-hydrogen) atoms. The molecule has 1 fully saturated rings. The Labute approximate surface area is 120 Å². The molecule has 1 aliphatic carbocycles. The van der Waals surface area contributed by atoms with E-state index in [-0.39, 0.29) is 24.2 Å². The predicted octanol–water partition coefficient (Wildman–Crippen LogP) is 2.21. The van der Waals surface area contributed by atoms with Gasteiger partial charge < -0.3 is 14.1 Å². The first-order valence-corrected chi connectivity index (χ1v) is 7.28. The maximum Gasteiger partial charge on any atom is 0.494 e. The maximum atomic E-state index is 11.0. The molecule has 1 aromatic carbocycles. The van der Waals surface area contributed by atoms with Crippen LogP contribution < -0.4 is 5.46 Å². The van der Waals surface area contributed by atoms with E-state index in [0.717, 1.165) is 24.6 Å². The lowest BCUT2D eigenvalue weighted by Crippen LogP contribution is -2.41. The number of hydrogen-bond donors (Lipinski definition) is 0. The molecule has 1 heterocycles. The van der Waals surface area contributed by atoms with Crippen LogP contribution in [-0.4, -0.2) is 24.6 Å². The van der Waals surface area contributed by atoms with Crippen LogP contribution in [0.15, 0.2) is 18.2 Å². The van der Waals surface area contributed by atoms with Crippen molar-refractivity contribution in [2.75, 3.05) is 0 Å². The van der Waals surface area contributed by atoms with Crippen molar-refractivity contribution in [3.63, 3.8) is 0 Å². The summed E-state index contributed by atoms with van der Waals surface area (Å²) in [6, 6.07) is 6.23. The highest BCUT2D eigenvalue weighted by Gasteiger charge is 2.51. The van der Waals surface area contributed by atoms with Gasteiger partial charge in [0.25, 0.3) is 0 Å². The number of hydrogen-bond acceptors (Lipinski definition) is 3. The SMILES string of the molecule is CC1(C)OB(c2ccc3c(c2)CCC3C=O)OC1(C)C. The minimum atomic E-state index is -0.319. The van der Waals surface area contributed by atoms with E-state index in [2.05, 4.69) is 39.8 Å². The number of fused-ring (bicyclic) bond motifs is 1. The molecule has 3 rings (SSSR count). The fourth-order valence-electron chi connectivity index (χ4n) is 2.94. The van der Waals surface area contributed by atoms with Crippen molar-refractivity contribution < 1.29 is 14.1 Å². The van der Waals surface area contributed by atoms with E-state index in [9.17, 15) is 4.79 Å².